The van der Waals surface area contributed by atoms with Crippen LogP contribution in [0.15, 0.2) is 24.3 Å². The SMILES string of the molecule is C[C@H](Oc1ccc(I)cc1)C(=O)NC(N)=O. The van der Waals surface area contributed by atoms with E-state index in [1.807, 2.05) is 17.4 Å². The highest BCUT2D eigenvalue weighted by Crippen LogP contribution is 2.14. The number of hydrogen-bond donors (Lipinski definition) is 2. The van der Waals surface area contributed by atoms with E-state index in [-0.39, 0.29) is 0 Å². The lowest BCUT2D eigenvalue weighted by molar-refractivity contribution is -0.126. The molecule has 0 saturated carbocycles. The first-order chi connectivity index (χ1) is 7.49. The van der Waals surface area contributed by atoms with Gasteiger partial charge in [0.2, 0.25) is 0 Å². The molecule has 1 atom stereocenters. The van der Waals surface area contributed by atoms with Crippen molar-refractivity contribution < 1.29 is 14.3 Å². The molecule has 0 aromatic heterocycles. The maximum absolute atomic E-state index is 11.3. The molecule has 3 N–H and O–H groups in total. The van der Waals surface area contributed by atoms with Crippen LogP contribution in [0.2, 0.25) is 0 Å². The van der Waals surface area contributed by atoms with Gasteiger partial charge in [0.25, 0.3) is 5.91 Å². The summed E-state index contributed by atoms with van der Waals surface area (Å²) in [5, 5.41) is 1.95. The normalized spacial score (nSPS) is 11.6. The lowest BCUT2D eigenvalue weighted by atomic mass is 10.3. The Balaban J connectivity index is 2.57. The third-order valence-electron chi connectivity index (χ3n) is 1.74. The molecule has 86 valence electrons. The maximum atomic E-state index is 11.3. The summed E-state index contributed by atoms with van der Waals surface area (Å²) in [6.07, 6.45) is -0.771. The summed E-state index contributed by atoms with van der Waals surface area (Å²) in [5.74, 6) is -0.00131. The van der Waals surface area contributed by atoms with Crippen molar-refractivity contribution in [3.8, 4) is 5.75 Å². The van der Waals surface area contributed by atoms with Gasteiger partial charge in [-0.15, -0.1) is 0 Å². The maximum Gasteiger partial charge on any atom is 0.318 e. The first-order valence-corrected chi connectivity index (χ1v) is 5.59. The quantitative estimate of drug-likeness (QED) is 0.817. The van der Waals surface area contributed by atoms with Gasteiger partial charge in [-0.05, 0) is 53.8 Å². The number of imide groups is 1. The first kappa shape index (κ1) is 12.8. The Labute approximate surface area is 106 Å². The second-order valence-electron chi connectivity index (χ2n) is 3.07. The summed E-state index contributed by atoms with van der Waals surface area (Å²) in [6.45, 7) is 1.54. The molecule has 0 spiro atoms. The largest absolute Gasteiger partial charge is 0.481 e. The zero-order valence-electron chi connectivity index (χ0n) is 8.57. The number of carbonyl (C=O) groups excluding carboxylic acids is 2. The fourth-order valence-electron chi connectivity index (χ4n) is 0.994. The van der Waals surface area contributed by atoms with Crippen molar-refractivity contribution in [1.82, 2.24) is 5.32 Å². The lowest BCUT2D eigenvalue weighted by Crippen LogP contribution is -2.42. The van der Waals surface area contributed by atoms with Gasteiger partial charge in [0.15, 0.2) is 6.10 Å². The van der Waals surface area contributed by atoms with Crippen LogP contribution in [0.5, 0.6) is 5.75 Å². The number of nitrogens with one attached hydrogen (secondary N) is 1. The summed E-state index contributed by atoms with van der Waals surface area (Å²) in [4.78, 5) is 21.7. The van der Waals surface area contributed by atoms with E-state index in [4.69, 9.17) is 10.5 Å². The average Bonchev–Trinajstić information content (AvgIpc) is 2.20. The van der Waals surface area contributed by atoms with Crippen molar-refractivity contribution in [3.05, 3.63) is 27.8 Å². The van der Waals surface area contributed by atoms with Crippen molar-refractivity contribution in [2.45, 2.75) is 13.0 Å². The minimum atomic E-state index is -0.886. The van der Waals surface area contributed by atoms with Gasteiger partial charge in [0.1, 0.15) is 5.75 Å². The summed E-state index contributed by atoms with van der Waals surface area (Å²) in [6, 6.07) is 6.32. The zero-order chi connectivity index (χ0) is 12.1. The Hall–Kier alpha value is -1.31. The Morgan fingerprint density at radius 1 is 1.38 bits per heavy atom. The molecule has 5 nitrogen and oxygen atoms in total. The Bertz CT molecular complexity index is 392. The van der Waals surface area contributed by atoms with E-state index in [0.717, 1.165) is 3.57 Å². The van der Waals surface area contributed by atoms with E-state index in [9.17, 15) is 9.59 Å². The minimum absolute atomic E-state index is 0.563. The summed E-state index contributed by atoms with van der Waals surface area (Å²) in [7, 11) is 0. The molecular formula is C10H11IN2O3. The molecule has 0 radical (unpaired) electrons. The van der Waals surface area contributed by atoms with Gasteiger partial charge in [0.05, 0.1) is 0 Å². The highest BCUT2D eigenvalue weighted by Gasteiger charge is 2.15. The van der Waals surface area contributed by atoms with Crippen LogP contribution in [-0.2, 0) is 4.79 Å². The predicted octanol–water partition coefficient (Wildman–Crippen LogP) is 1.25. The molecule has 0 aliphatic heterocycles. The summed E-state index contributed by atoms with van der Waals surface area (Å²) < 4.78 is 6.38. The number of primary amides is 1. The number of rotatable bonds is 3. The number of halogens is 1. The van der Waals surface area contributed by atoms with E-state index in [0.29, 0.717) is 5.75 Å². The molecule has 3 amide bonds. The molecule has 6 heteroatoms. The summed E-state index contributed by atoms with van der Waals surface area (Å²) >= 11 is 2.16. The van der Waals surface area contributed by atoms with Crippen LogP contribution >= 0.6 is 22.6 Å². The monoisotopic (exact) mass is 334 g/mol. The molecule has 0 bridgehead atoms. The number of benzene rings is 1. The number of carbonyl (C=O) groups is 2. The number of nitrogens with two attached hydrogens (primary N) is 1. The highest BCUT2D eigenvalue weighted by molar-refractivity contribution is 14.1. The van der Waals surface area contributed by atoms with Crippen molar-refractivity contribution >= 4 is 34.5 Å². The van der Waals surface area contributed by atoms with E-state index in [1.54, 1.807) is 12.1 Å². The molecule has 0 saturated heterocycles. The molecule has 1 aromatic carbocycles. The van der Waals surface area contributed by atoms with Gasteiger partial charge in [-0.3, -0.25) is 10.1 Å². The molecule has 0 heterocycles. The molecule has 0 unspecified atom stereocenters. The van der Waals surface area contributed by atoms with Gasteiger partial charge in [-0.2, -0.15) is 0 Å². The first-order valence-electron chi connectivity index (χ1n) is 4.51. The highest BCUT2D eigenvalue weighted by atomic mass is 127. The van der Waals surface area contributed by atoms with E-state index < -0.39 is 18.0 Å². The van der Waals surface area contributed by atoms with Gasteiger partial charge in [-0.25, -0.2) is 4.79 Å². The van der Waals surface area contributed by atoms with Gasteiger partial charge in [0, 0.05) is 3.57 Å². The van der Waals surface area contributed by atoms with Crippen molar-refractivity contribution in [1.29, 1.82) is 0 Å². The average molecular weight is 334 g/mol. The van der Waals surface area contributed by atoms with Crippen LogP contribution in [0.4, 0.5) is 4.79 Å². The number of hydrogen-bond acceptors (Lipinski definition) is 3. The topological polar surface area (TPSA) is 81.4 Å². The van der Waals surface area contributed by atoms with Crippen molar-refractivity contribution in [2.75, 3.05) is 0 Å². The van der Waals surface area contributed by atoms with Crippen LogP contribution in [0.1, 0.15) is 6.92 Å². The Morgan fingerprint density at radius 3 is 2.44 bits per heavy atom. The fraction of sp³-hybridized carbons (Fsp3) is 0.200. The third-order valence-corrected chi connectivity index (χ3v) is 2.46. The van der Waals surface area contributed by atoms with E-state index in [2.05, 4.69) is 22.6 Å². The Morgan fingerprint density at radius 2 is 1.94 bits per heavy atom. The standard InChI is InChI=1S/C10H11IN2O3/c1-6(9(14)13-10(12)15)16-8-4-2-7(11)3-5-8/h2-6H,1H3,(H3,12,13,14,15)/t6-/m0/s1. The van der Waals surface area contributed by atoms with E-state index in [1.165, 1.54) is 6.92 Å². The molecule has 1 rings (SSSR count). The molecular weight excluding hydrogens is 323 g/mol. The zero-order valence-corrected chi connectivity index (χ0v) is 10.7. The lowest BCUT2D eigenvalue weighted by Gasteiger charge is -2.13. The fourth-order valence-corrected chi connectivity index (χ4v) is 1.35. The van der Waals surface area contributed by atoms with Gasteiger partial charge >= 0.3 is 6.03 Å². The van der Waals surface area contributed by atoms with Gasteiger partial charge < -0.3 is 10.5 Å². The van der Waals surface area contributed by atoms with Crippen LogP contribution in [0, 0.1) is 3.57 Å². The van der Waals surface area contributed by atoms with Crippen LogP contribution < -0.4 is 15.8 Å². The molecule has 0 aliphatic rings. The molecule has 0 fully saturated rings. The van der Waals surface area contributed by atoms with Crippen LogP contribution in [0.3, 0.4) is 0 Å². The Kier molecular flexibility index (Phi) is 4.53. The molecule has 1 aromatic rings. The smallest absolute Gasteiger partial charge is 0.318 e. The number of amides is 3. The van der Waals surface area contributed by atoms with Crippen LogP contribution in [-0.4, -0.2) is 18.0 Å². The van der Waals surface area contributed by atoms with Crippen LogP contribution in [0.25, 0.3) is 0 Å². The van der Waals surface area contributed by atoms with Crippen molar-refractivity contribution in [2.24, 2.45) is 5.73 Å². The third kappa shape index (κ3) is 4.05. The van der Waals surface area contributed by atoms with E-state index >= 15 is 0 Å². The second-order valence-corrected chi connectivity index (χ2v) is 4.31. The number of urea groups is 1. The van der Waals surface area contributed by atoms with Crippen molar-refractivity contribution in [3.63, 3.8) is 0 Å². The number of ether oxygens (including phenoxy) is 1. The molecule has 16 heavy (non-hydrogen) atoms. The predicted molar refractivity (Wildman–Crippen MR) is 67.0 cm³/mol. The minimum Gasteiger partial charge on any atom is -0.481 e. The summed E-state index contributed by atoms with van der Waals surface area (Å²) in [5.41, 5.74) is 4.82. The van der Waals surface area contributed by atoms with Gasteiger partial charge in [-0.1, -0.05) is 0 Å². The molecule has 0 aliphatic carbocycles. The second kappa shape index (κ2) is 5.69.